The second-order valence-electron chi connectivity index (χ2n) is 18.0. The van der Waals surface area contributed by atoms with Gasteiger partial charge in [-0.05, 0) is 160 Å². The van der Waals surface area contributed by atoms with Crippen molar-refractivity contribution in [2.75, 3.05) is 0 Å². The first-order valence-electron chi connectivity index (χ1n) is 18.0. The maximum Gasteiger partial charge on any atom is 0.0919 e. The van der Waals surface area contributed by atoms with Crippen LogP contribution in [0.4, 0.5) is 0 Å². The fourth-order valence-corrected chi connectivity index (χ4v) is 14.6. The van der Waals surface area contributed by atoms with E-state index in [1.54, 1.807) is 0 Å². The Kier molecular flexibility index (Phi) is 6.30. The van der Waals surface area contributed by atoms with Gasteiger partial charge in [-0.2, -0.15) is 0 Å². The second-order valence-corrected chi connectivity index (χ2v) is 18.0. The highest BCUT2D eigenvalue weighted by Gasteiger charge is 2.69. The SMILES string of the molecule is C[C@]12CCC(O)CC1=CC[C@@H]1[C@H]2CC[C@@]2(C)[C@H]1CCC2(O)C1=CC(O)CC2CC[C@@H]3[C@@H](CC[C@]4(C)C(O)CC[C@@H]34)[C@@]12C. The van der Waals surface area contributed by atoms with Crippen LogP contribution in [0.5, 0.6) is 0 Å². The highest BCUT2D eigenvalue weighted by molar-refractivity contribution is 5.38. The first-order valence-corrected chi connectivity index (χ1v) is 18.0. The Bertz CT molecular complexity index is 1190. The quantitative estimate of drug-likeness (QED) is 0.254. The van der Waals surface area contributed by atoms with Crippen LogP contribution < -0.4 is 0 Å². The van der Waals surface area contributed by atoms with Crippen molar-refractivity contribution in [3.63, 3.8) is 0 Å². The third-order valence-corrected chi connectivity index (χ3v) is 17.0. The Morgan fingerprint density at radius 2 is 1.48 bits per heavy atom. The summed E-state index contributed by atoms with van der Waals surface area (Å²) in [6, 6.07) is 0. The first kappa shape index (κ1) is 28.8. The first-order chi connectivity index (χ1) is 19.9. The molecule has 6 saturated carbocycles. The molecule has 0 aliphatic heterocycles. The average Bonchev–Trinajstić information content (AvgIpc) is 3.41. The third-order valence-electron chi connectivity index (χ3n) is 17.0. The lowest BCUT2D eigenvalue weighted by Gasteiger charge is -2.65. The zero-order valence-corrected chi connectivity index (χ0v) is 26.8. The van der Waals surface area contributed by atoms with Gasteiger partial charge in [0, 0.05) is 5.41 Å². The molecular formula is C38H58O4. The predicted molar refractivity (Wildman–Crippen MR) is 165 cm³/mol. The van der Waals surface area contributed by atoms with Gasteiger partial charge in [0.1, 0.15) is 0 Å². The summed E-state index contributed by atoms with van der Waals surface area (Å²) in [6.07, 6.45) is 19.6. The Balaban J connectivity index is 1.16. The zero-order chi connectivity index (χ0) is 29.4. The van der Waals surface area contributed by atoms with Crippen molar-refractivity contribution in [2.45, 2.75) is 148 Å². The molecule has 0 amide bonds. The number of hydrogen-bond donors (Lipinski definition) is 4. The van der Waals surface area contributed by atoms with Gasteiger partial charge in [-0.25, -0.2) is 0 Å². The molecule has 0 saturated heterocycles. The molecule has 15 atom stereocenters. The van der Waals surface area contributed by atoms with Crippen LogP contribution in [0, 0.1) is 63.1 Å². The lowest BCUT2D eigenvalue weighted by atomic mass is 9.41. The molecule has 4 N–H and O–H groups in total. The summed E-state index contributed by atoms with van der Waals surface area (Å²) >= 11 is 0. The van der Waals surface area contributed by atoms with E-state index in [4.69, 9.17) is 0 Å². The molecule has 8 aliphatic carbocycles. The molecule has 8 rings (SSSR count). The summed E-state index contributed by atoms with van der Waals surface area (Å²) in [5.41, 5.74) is 1.91. The van der Waals surface area contributed by atoms with E-state index in [0.717, 1.165) is 83.5 Å². The van der Waals surface area contributed by atoms with Gasteiger partial charge in [-0.1, -0.05) is 45.4 Å². The van der Waals surface area contributed by atoms with Gasteiger partial charge in [-0.3, -0.25) is 0 Å². The monoisotopic (exact) mass is 578 g/mol. The minimum absolute atomic E-state index is 0.0563. The molecule has 0 radical (unpaired) electrons. The Morgan fingerprint density at radius 1 is 0.714 bits per heavy atom. The third kappa shape index (κ3) is 3.45. The van der Waals surface area contributed by atoms with E-state index in [0.29, 0.717) is 41.4 Å². The summed E-state index contributed by atoms with van der Waals surface area (Å²) in [5.74, 6) is 3.94. The number of fused-ring (bicyclic) bond motifs is 10. The van der Waals surface area contributed by atoms with E-state index >= 15 is 0 Å². The summed E-state index contributed by atoms with van der Waals surface area (Å²) in [6.45, 7) is 9.83. The van der Waals surface area contributed by atoms with Gasteiger partial charge in [0.2, 0.25) is 0 Å². The largest absolute Gasteiger partial charge is 0.393 e. The fourth-order valence-electron chi connectivity index (χ4n) is 14.6. The van der Waals surface area contributed by atoms with E-state index in [1.165, 1.54) is 24.0 Å². The van der Waals surface area contributed by atoms with Crippen LogP contribution in [0.1, 0.15) is 124 Å². The molecule has 5 unspecified atom stereocenters. The Labute approximate surface area is 254 Å². The number of rotatable bonds is 1. The molecule has 42 heavy (non-hydrogen) atoms. The van der Waals surface area contributed by atoms with Crippen molar-refractivity contribution >= 4 is 0 Å². The number of hydrogen-bond acceptors (Lipinski definition) is 4. The van der Waals surface area contributed by atoms with E-state index < -0.39 is 11.7 Å². The van der Waals surface area contributed by atoms with Crippen LogP contribution in [0.25, 0.3) is 0 Å². The van der Waals surface area contributed by atoms with Gasteiger partial charge in [0.15, 0.2) is 0 Å². The summed E-state index contributed by atoms with van der Waals surface area (Å²) in [4.78, 5) is 0. The van der Waals surface area contributed by atoms with Crippen molar-refractivity contribution in [3.8, 4) is 0 Å². The average molecular weight is 579 g/mol. The molecule has 234 valence electrons. The maximum atomic E-state index is 13.3. The van der Waals surface area contributed by atoms with Crippen LogP contribution in [0.2, 0.25) is 0 Å². The summed E-state index contributed by atoms with van der Waals surface area (Å²) in [5, 5.41) is 46.1. The van der Waals surface area contributed by atoms with Gasteiger partial charge in [-0.15, -0.1) is 0 Å². The van der Waals surface area contributed by atoms with Crippen molar-refractivity contribution in [2.24, 2.45) is 63.1 Å². The molecule has 0 bridgehead atoms. The van der Waals surface area contributed by atoms with Crippen LogP contribution >= 0.6 is 0 Å². The van der Waals surface area contributed by atoms with Crippen LogP contribution in [0.15, 0.2) is 23.3 Å². The topological polar surface area (TPSA) is 80.9 Å². The van der Waals surface area contributed by atoms with Gasteiger partial charge in [0.05, 0.1) is 23.9 Å². The molecule has 0 aromatic rings. The lowest BCUT2D eigenvalue weighted by Crippen LogP contribution is -2.61. The molecule has 0 aromatic carbocycles. The standard InChI is InChI=1S/C38H58O4/c1-34-15-11-24(39)19-22(34)5-7-26-29(34)13-17-36(3)30(26)14-18-38(36,42)32-21-25(40)20-23-6-8-27-28-9-10-33(41)35(28,2)16-12-31(27)37(23,32)4/h5,21,23-31,33,39-42H,6-20H2,1-4H3/t23?,24?,25?,26-,27+,28+,29-,30+,31-,33?,34+,35+,36+,37+,38?/m1/s1. The van der Waals surface area contributed by atoms with Crippen LogP contribution in [0.3, 0.4) is 0 Å². The lowest BCUT2D eigenvalue weighted by molar-refractivity contribution is -0.146. The maximum absolute atomic E-state index is 13.3. The van der Waals surface area contributed by atoms with Gasteiger partial charge < -0.3 is 20.4 Å². The molecular weight excluding hydrogens is 520 g/mol. The van der Waals surface area contributed by atoms with E-state index in [1.807, 2.05) is 0 Å². The summed E-state index contributed by atoms with van der Waals surface area (Å²) in [7, 11) is 0. The van der Waals surface area contributed by atoms with E-state index in [9.17, 15) is 20.4 Å². The van der Waals surface area contributed by atoms with Crippen molar-refractivity contribution in [1.82, 2.24) is 0 Å². The molecule has 0 spiro atoms. The van der Waals surface area contributed by atoms with Crippen LogP contribution in [-0.4, -0.2) is 44.3 Å². The van der Waals surface area contributed by atoms with E-state index in [-0.39, 0.29) is 33.9 Å². The smallest absolute Gasteiger partial charge is 0.0919 e. The predicted octanol–water partition coefficient (Wildman–Crippen LogP) is 6.95. The minimum atomic E-state index is -0.859. The zero-order valence-electron chi connectivity index (χ0n) is 26.8. The highest BCUT2D eigenvalue weighted by atomic mass is 16.3. The van der Waals surface area contributed by atoms with Gasteiger partial charge >= 0.3 is 0 Å². The number of aliphatic hydroxyl groups is 4. The molecule has 8 aliphatic rings. The summed E-state index contributed by atoms with van der Waals surface area (Å²) < 4.78 is 0. The molecule has 4 nitrogen and oxygen atoms in total. The van der Waals surface area contributed by atoms with E-state index in [2.05, 4.69) is 39.8 Å². The molecule has 0 aromatic heterocycles. The van der Waals surface area contributed by atoms with Gasteiger partial charge in [0.25, 0.3) is 0 Å². The molecule has 4 heteroatoms. The fraction of sp³-hybridized carbons (Fsp3) is 0.895. The Hall–Kier alpha value is -0.680. The highest BCUT2D eigenvalue weighted by Crippen LogP contribution is 2.73. The van der Waals surface area contributed by atoms with Crippen molar-refractivity contribution in [1.29, 1.82) is 0 Å². The number of allylic oxidation sites excluding steroid dienone is 1. The number of aliphatic hydroxyl groups excluding tert-OH is 3. The normalized spacial score (nSPS) is 60.2. The Morgan fingerprint density at radius 3 is 2.29 bits per heavy atom. The molecule has 0 heterocycles. The van der Waals surface area contributed by atoms with Crippen molar-refractivity contribution < 1.29 is 20.4 Å². The minimum Gasteiger partial charge on any atom is -0.393 e. The molecule has 6 fully saturated rings. The van der Waals surface area contributed by atoms with Crippen molar-refractivity contribution in [3.05, 3.63) is 23.3 Å². The second kappa shape index (κ2) is 9.20. The van der Waals surface area contributed by atoms with Crippen LogP contribution in [-0.2, 0) is 0 Å².